The largest absolute Gasteiger partial charge is 0.346 e. The number of nitrogens with two attached hydrogens (primary N) is 1. The number of fused-ring (bicyclic) bond motifs is 1. The van der Waals surface area contributed by atoms with Gasteiger partial charge in [0.05, 0.1) is 0 Å². The highest BCUT2D eigenvalue weighted by Gasteiger charge is 2.26. The zero-order valence-corrected chi connectivity index (χ0v) is 9.34. The van der Waals surface area contributed by atoms with E-state index in [0.717, 1.165) is 10.8 Å². The quantitative estimate of drug-likeness (QED) is 0.697. The molecule has 4 nitrogen and oxygen atoms in total. The van der Waals surface area contributed by atoms with Gasteiger partial charge in [-0.05, 0) is 22.4 Å². The van der Waals surface area contributed by atoms with E-state index in [1.165, 1.54) is 0 Å². The van der Waals surface area contributed by atoms with Crippen molar-refractivity contribution in [2.45, 2.75) is 5.78 Å². The van der Waals surface area contributed by atoms with E-state index in [4.69, 9.17) is 15.5 Å². The zero-order chi connectivity index (χ0) is 11.8. The van der Waals surface area contributed by atoms with Crippen LogP contribution < -0.4 is 5.73 Å². The molecule has 2 aromatic rings. The van der Waals surface area contributed by atoms with Gasteiger partial charge >= 0.3 is 7.60 Å². The first kappa shape index (κ1) is 11.3. The van der Waals surface area contributed by atoms with Crippen LogP contribution >= 0.6 is 7.60 Å². The molecule has 0 saturated heterocycles. The molecule has 0 spiro atoms. The highest BCUT2D eigenvalue weighted by Crippen LogP contribution is 2.48. The van der Waals surface area contributed by atoms with Gasteiger partial charge in [0.1, 0.15) is 5.78 Å². The van der Waals surface area contributed by atoms with Gasteiger partial charge in [0.15, 0.2) is 0 Å². The number of hydrogen-bond acceptors (Lipinski definition) is 2. The third-order valence-electron chi connectivity index (χ3n) is 2.48. The van der Waals surface area contributed by atoms with Crippen LogP contribution in [0.25, 0.3) is 10.8 Å². The Morgan fingerprint density at radius 1 is 1.06 bits per heavy atom. The molecule has 0 aromatic heterocycles. The average Bonchev–Trinajstić information content (AvgIpc) is 2.26. The van der Waals surface area contributed by atoms with E-state index in [2.05, 4.69) is 0 Å². The van der Waals surface area contributed by atoms with Gasteiger partial charge in [0.2, 0.25) is 0 Å². The second-order valence-electron chi connectivity index (χ2n) is 3.64. The molecule has 4 N–H and O–H groups in total. The SMILES string of the molecule is NC(c1ccc2ccccc2c1)P(=O)(O)O. The fourth-order valence-corrected chi connectivity index (χ4v) is 2.13. The van der Waals surface area contributed by atoms with E-state index < -0.39 is 13.4 Å². The zero-order valence-electron chi connectivity index (χ0n) is 8.45. The van der Waals surface area contributed by atoms with Gasteiger partial charge in [-0.15, -0.1) is 0 Å². The maximum atomic E-state index is 11.0. The Morgan fingerprint density at radius 3 is 2.31 bits per heavy atom. The summed E-state index contributed by atoms with van der Waals surface area (Å²) in [7, 11) is -4.28. The Morgan fingerprint density at radius 2 is 1.69 bits per heavy atom. The Bertz CT molecular complexity index is 564. The van der Waals surface area contributed by atoms with Crippen molar-refractivity contribution < 1.29 is 14.4 Å². The van der Waals surface area contributed by atoms with Gasteiger partial charge in [-0.2, -0.15) is 0 Å². The summed E-state index contributed by atoms with van der Waals surface area (Å²) in [6.45, 7) is 0. The summed E-state index contributed by atoms with van der Waals surface area (Å²) in [4.78, 5) is 18.0. The molecule has 5 heteroatoms. The molecule has 0 saturated carbocycles. The van der Waals surface area contributed by atoms with Crippen molar-refractivity contribution in [2.24, 2.45) is 5.73 Å². The van der Waals surface area contributed by atoms with Gasteiger partial charge in [0, 0.05) is 0 Å². The predicted molar refractivity (Wildman–Crippen MR) is 62.9 cm³/mol. The van der Waals surface area contributed by atoms with Crippen LogP contribution in [0.1, 0.15) is 11.3 Å². The third kappa shape index (κ3) is 2.15. The van der Waals surface area contributed by atoms with Gasteiger partial charge in [0.25, 0.3) is 0 Å². The van der Waals surface area contributed by atoms with Crippen LogP contribution in [0, 0.1) is 0 Å². The first-order valence-corrected chi connectivity index (χ1v) is 6.46. The van der Waals surface area contributed by atoms with Crippen molar-refractivity contribution in [1.82, 2.24) is 0 Å². The van der Waals surface area contributed by atoms with Crippen LogP contribution in [-0.4, -0.2) is 9.79 Å². The molecule has 16 heavy (non-hydrogen) atoms. The number of hydrogen-bond donors (Lipinski definition) is 3. The summed E-state index contributed by atoms with van der Waals surface area (Å²) >= 11 is 0. The van der Waals surface area contributed by atoms with Crippen molar-refractivity contribution in [3.63, 3.8) is 0 Å². The van der Waals surface area contributed by atoms with E-state index >= 15 is 0 Å². The van der Waals surface area contributed by atoms with E-state index in [0.29, 0.717) is 5.56 Å². The van der Waals surface area contributed by atoms with Crippen LogP contribution in [-0.2, 0) is 4.57 Å². The maximum absolute atomic E-state index is 11.0. The van der Waals surface area contributed by atoms with Crippen molar-refractivity contribution in [3.8, 4) is 0 Å². The number of benzene rings is 2. The number of rotatable bonds is 2. The summed E-state index contributed by atoms with van der Waals surface area (Å²) in [5.41, 5.74) is 5.95. The Hall–Kier alpha value is -1.19. The molecule has 0 heterocycles. The Balaban J connectivity index is 2.51. The van der Waals surface area contributed by atoms with Crippen LogP contribution in [0.15, 0.2) is 42.5 Å². The highest BCUT2D eigenvalue weighted by molar-refractivity contribution is 7.52. The fourth-order valence-electron chi connectivity index (χ4n) is 1.59. The first-order valence-electron chi connectivity index (χ1n) is 4.78. The lowest BCUT2D eigenvalue weighted by Crippen LogP contribution is -2.10. The Kier molecular flexibility index (Phi) is 2.82. The minimum absolute atomic E-state index is 0.451. The molecule has 1 unspecified atom stereocenters. The summed E-state index contributed by atoms with van der Waals surface area (Å²) in [5.74, 6) is -1.25. The molecular formula is C11H12NO3P. The van der Waals surface area contributed by atoms with Gasteiger partial charge < -0.3 is 15.5 Å². The van der Waals surface area contributed by atoms with Crippen LogP contribution in [0.2, 0.25) is 0 Å². The minimum atomic E-state index is -4.28. The standard InChI is InChI=1S/C11H12NO3P/c12-11(16(13,14)15)10-6-5-8-3-1-2-4-9(8)7-10/h1-7,11H,12H2,(H2,13,14,15). The Labute approximate surface area is 92.9 Å². The molecule has 0 bridgehead atoms. The van der Waals surface area contributed by atoms with Crippen LogP contribution in [0.5, 0.6) is 0 Å². The first-order chi connectivity index (χ1) is 7.48. The van der Waals surface area contributed by atoms with Crippen molar-refractivity contribution in [1.29, 1.82) is 0 Å². The minimum Gasteiger partial charge on any atom is -0.323 e. The highest BCUT2D eigenvalue weighted by atomic mass is 31.2. The van der Waals surface area contributed by atoms with Gasteiger partial charge in [-0.25, -0.2) is 0 Å². The molecule has 0 radical (unpaired) electrons. The monoisotopic (exact) mass is 237 g/mol. The average molecular weight is 237 g/mol. The topological polar surface area (TPSA) is 83.6 Å². The molecule has 0 aliphatic carbocycles. The second kappa shape index (κ2) is 4.00. The van der Waals surface area contributed by atoms with E-state index in [9.17, 15) is 4.57 Å². The van der Waals surface area contributed by atoms with Crippen molar-refractivity contribution in [3.05, 3.63) is 48.0 Å². The summed E-state index contributed by atoms with van der Waals surface area (Å²) in [6.07, 6.45) is 0. The molecule has 84 valence electrons. The molecule has 0 aliphatic heterocycles. The smallest absolute Gasteiger partial charge is 0.323 e. The fraction of sp³-hybridized carbons (Fsp3) is 0.0909. The third-order valence-corrected chi connectivity index (χ3v) is 3.50. The van der Waals surface area contributed by atoms with E-state index in [1.807, 2.05) is 24.3 Å². The lowest BCUT2D eigenvalue weighted by Gasteiger charge is -2.14. The molecule has 0 fully saturated rings. The summed E-state index contributed by atoms with van der Waals surface area (Å²) in [6, 6.07) is 12.7. The lowest BCUT2D eigenvalue weighted by atomic mass is 10.1. The van der Waals surface area contributed by atoms with Crippen molar-refractivity contribution in [2.75, 3.05) is 0 Å². The van der Waals surface area contributed by atoms with Crippen LogP contribution in [0.3, 0.4) is 0 Å². The second-order valence-corrected chi connectivity index (χ2v) is 5.38. The molecule has 1 atom stereocenters. The van der Waals surface area contributed by atoms with Crippen molar-refractivity contribution >= 4 is 18.4 Å². The van der Waals surface area contributed by atoms with E-state index in [-0.39, 0.29) is 0 Å². The normalized spacial score (nSPS) is 13.9. The molecule has 0 aliphatic rings. The van der Waals surface area contributed by atoms with Crippen LogP contribution in [0.4, 0.5) is 0 Å². The molecule has 2 rings (SSSR count). The molecule has 0 amide bonds. The van der Waals surface area contributed by atoms with Gasteiger partial charge in [-0.3, -0.25) is 4.57 Å². The maximum Gasteiger partial charge on any atom is 0.346 e. The summed E-state index contributed by atoms with van der Waals surface area (Å²) in [5, 5.41) is 1.94. The predicted octanol–water partition coefficient (Wildman–Crippen LogP) is 1.97. The van der Waals surface area contributed by atoms with Gasteiger partial charge in [-0.1, -0.05) is 36.4 Å². The molecular weight excluding hydrogens is 225 g/mol. The molecule has 2 aromatic carbocycles. The van der Waals surface area contributed by atoms with E-state index in [1.54, 1.807) is 18.2 Å². The summed E-state index contributed by atoms with van der Waals surface area (Å²) < 4.78 is 11.0. The lowest BCUT2D eigenvalue weighted by molar-refractivity contribution is 0.359.